The molecular weight excluding hydrogens is 475 g/mol. The molecule has 33 heavy (non-hydrogen) atoms. The summed E-state index contributed by atoms with van der Waals surface area (Å²) < 4.78 is 0. The first kappa shape index (κ1) is 22.6. The first-order valence-corrected chi connectivity index (χ1v) is 12.3. The number of pyridine rings is 2. The molecule has 2 aromatic heterocycles. The van der Waals surface area contributed by atoms with Crippen molar-refractivity contribution in [2.24, 2.45) is 0 Å². The predicted octanol–water partition coefficient (Wildman–Crippen LogP) is 7.92. The van der Waals surface area contributed by atoms with Crippen LogP contribution in [0.5, 0.6) is 0 Å². The second kappa shape index (κ2) is 9.23. The molecule has 1 fully saturated rings. The summed E-state index contributed by atoms with van der Waals surface area (Å²) in [6, 6.07) is 16.5. The van der Waals surface area contributed by atoms with Crippen molar-refractivity contribution in [2.45, 2.75) is 43.6 Å². The molecule has 6 heteroatoms. The Kier molecular flexibility index (Phi) is 6.32. The van der Waals surface area contributed by atoms with Crippen molar-refractivity contribution in [3.8, 4) is 0 Å². The maximum atomic E-state index is 12.2. The number of aromatic nitrogens is 2. The van der Waals surface area contributed by atoms with Gasteiger partial charge in [0.1, 0.15) is 10.8 Å². The summed E-state index contributed by atoms with van der Waals surface area (Å²) in [5.41, 5.74) is 2.10. The highest BCUT2D eigenvalue weighted by Crippen LogP contribution is 2.44. The number of hydrogen-bond acceptors (Lipinski definition) is 3. The van der Waals surface area contributed by atoms with Gasteiger partial charge in [-0.15, -0.1) is 0 Å². The highest BCUT2D eigenvalue weighted by atomic mass is 35.5. The fraction of sp³-hybridized carbons (Fsp3) is 0.259. The van der Waals surface area contributed by atoms with Crippen molar-refractivity contribution < 1.29 is 5.11 Å². The Morgan fingerprint density at radius 2 is 1.61 bits per heavy atom. The fourth-order valence-electron chi connectivity index (χ4n) is 4.97. The number of hydrogen-bond donors (Lipinski definition) is 1. The fourth-order valence-corrected chi connectivity index (χ4v) is 5.94. The van der Waals surface area contributed by atoms with Gasteiger partial charge in [0.25, 0.3) is 0 Å². The molecule has 1 atom stereocenters. The lowest BCUT2D eigenvalue weighted by molar-refractivity contribution is 0.125. The van der Waals surface area contributed by atoms with Gasteiger partial charge in [0.15, 0.2) is 0 Å². The quantitative estimate of drug-likeness (QED) is 0.291. The zero-order chi connectivity index (χ0) is 23.0. The predicted molar refractivity (Wildman–Crippen MR) is 135 cm³/mol. The molecule has 2 heterocycles. The molecule has 0 saturated heterocycles. The standard InChI is InChI=1S/C27H23Cl3N2O/c28-21-10-4-8-18(14-21)27(33,20-9-5-13-31-16-20)19-11-12-23-22(15-19)25(29)24(26(30)32-23)17-6-2-1-3-7-17/h4-5,8-17,33H,1-3,6-7H2. The lowest BCUT2D eigenvalue weighted by Crippen LogP contribution is -2.29. The van der Waals surface area contributed by atoms with E-state index < -0.39 is 5.60 Å². The number of aliphatic hydroxyl groups is 1. The molecule has 0 amide bonds. The summed E-state index contributed by atoms with van der Waals surface area (Å²) in [4.78, 5) is 8.90. The van der Waals surface area contributed by atoms with Crippen molar-refractivity contribution in [3.63, 3.8) is 0 Å². The Morgan fingerprint density at radius 1 is 0.848 bits per heavy atom. The van der Waals surface area contributed by atoms with E-state index in [4.69, 9.17) is 34.8 Å². The molecule has 1 aliphatic carbocycles. The molecule has 1 aliphatic rings. The van der Waals surface area contributed by atoms with E-state index in [1.807, 2.05) is 36.4 Å². The molecule has 5 rings (SSSR count). The molecule has 0 bridgehead atoms. The lowest BCUT2D eigenvalue weighted by Gasteiger charge is -2.30. The van der Waals surface area contributed by atoms with Crippen molar-refractivity contribution in [2.75, 3.05) is 0 Å². The highest BCUT2D eigenvalue weighted by molar-refractivity contribution is 6.39. The summed E-state index contributed by atoms with van der Waals surface area (Å²) >= 11 is 19.9. The van der Waals surface area contributed by atoms with E-state index in [0.29, 0.717) is 43.3 Å². The topological polar surface area (TPSA) is 46.0 Å². The molecule has 168 valence electrons. The summed E-state index contributed by atoms with van der Waals surface area (Å²) in [6.45, 7) is 0. The van der Waals surface area contributed by atoms with E-state index in [9.17, 15) is 5.11 Å². The number of halogens is 3. The number of nitrogens with zero attached hydrogens (tertiary/aromatic N) is 2. The van der Waals surface area contributed by atoms with Gasteiger partial charge in [0, 0.05) is 33.9 Å². The van der Waals surface area contributed by atoms with Crippen molar-refractivity contribution in [3.05, 3.63) is 104 Å². The lowest BCUT2D eigenvalue weighted by atomic mass is 9.80. The van der Waals surface area contributed by atoms with Crippen LogP contribution in [0.4, 0.5) is 0 Å². The summed E-state index contributed by atoms with van der Waals surface area (Å²) in [5.74, 6) is 0.310. The van der Waals surface area contributed by atoms with Crippen LogP contribution in [-0.4, -0.2) is 15.1 Å². The first-order chi connectivity index (χ1) is 16.0. The van der Waals surface area contributed by atoms with E-state index >= 15 is 0 Å². The molecule has 4 aromatic rings. The van der Waals surface area contributed by atoms with E-state index in [1.165, 1.54) is 19.3 Å². The minimum Gasteiger partial charge on any atom is -0.376 e. The molecule has 0 radical (unpaired) electrons. The minimum absolute atomic E-state index is 0.310. The monoisotopic (exact) mass is 496 g/mol. The minimum atomic E-state index is -1.47. The summed E-state index contributed by atoms with van der Waals surface area (Å²) in [7, 11) is 0. The largest absolute Gasteiger partial charge is 0.376 e. The third-order valence-corrected chi connectivity index (χ3v) is 7.59. The molecule has 2 aromatic carbocycles. The van der Waals surface area contributed by atoms with Gasteiger partial charge in [-0.3, -0.25) is 4.98 Å². The van der Waals surface area contributed by atoms with Crippen LogP contribution in [0.1, 0.15) is 60.3 Å². The Labute approximate surface area is 208 Å². The Hall–Kier alpha value is -2.17. The van der Waals surface area contributed by atoms with Crippen molar-refractivity contribution in [1.82, 2.24) is 9.97 Å². The van der Waals surface area contributed by atoms with Crippen LogP contribution in [0, 0.1) is 0 Å². The van der Waals surface area contributed by atoms with Gasteiger partial charge in [0.05, 0.1) is 10.5 Å². The van der Waals surface area contributed by atoms with Crippen LogP contribution in [0.3, 0.4) is 0 Å². The Morgan fingerprint density at radius 3 is 2.33 bits per heavy atom. The molecule has 1 unspecified atom stereocenters. The normalized spacial score (nSPS) is 16.6. The zero-order valence-electron chi connectivity index (χ0n) is 17.9. The second-order valence-corrected chi connectivity index (χ2v) is 9.83. The van der Waals surface area contributed by atoms with Crippen LogP contribution < -0.4 is 0 Å². The Balaban J connectivity index is 1.73. The van der Waals surface area contributed by atoms with Crippen LogP contribution in [0.2, 0.25) is 15.2 Å². The maximum Gasteiger partial charge on any atom is 0.142 e. The molecule has 1 saturated carbocycles. The van der Waals surface area contributed by atoms with E-state index in [-0.39, 0.29) is 0 Å². The van der Waals surface area contributed by atoms with Gasteiger partial charge < -0.3 is 5.11 Å². The summed E-state index contributed by atoms with van der Waals surface area (Å²) in [5, 5.41) is 14.6. The van der Waals surface area contributed by atoms with Crippen LogP contribution in [0.25, 0.3) is 10.9 Å². The third kappa shape index (κ3) is 4.13. The SMILES string of the molecule is OC(c1cccnc1)(c1cccc(Cl)c1)c1ccc2nc(Cl)c(C3CCCCC3)c(Cl)c2c1. The Bertz CT molecular complexity index is 1310. The smallest absolute Gasteiger partial charge is 0.142 e. The van der Waals surface area contributed by atoms with Gasteiger partial charge in [-0.05, 0) is 60.2 Å². The van der Waals surface area contributed by atoms with Gasteiger partial charge in [0.2, 0.25) is 0 Å². The van der Waals surface area contributed by atoms with Gasteiger partial charge in [-0.25, -0.2) is 4.98 Å². The molecule has 3 nitrogen and oxygen atoms in total. The number of fused-ring (bicyclic) bond motifs is 1. The van der Waals surface area contributed by atoms with Crippen LogP contribution in [0.15, 0.2) is 67.0 Å². The van der Waals surface area contributed by atoms with Crippen LogP contribution >= 0.6 is 34.8 Å². The van der Waals surface area contributed by atoms with E-state index in [1.54, 1.807) is 30.6 Å². The van der Waals surface area contributed by atoms with Gasteiger partial charge in [-0.2, -0.15) is 0 Å². The van der Waals surface area contributed by atoms with E-state index in [0.717, 1.165) is 23.8 Å². The molecular formula is C27H23Cl3N2O. The highest BCUT2D eigenvalue weighted by Gasteiger charge is 2.35. The van der Waals surface area contributed by atoms with Crippen LogP contribution in [-0.2, 0) is 5.60 Å². The number of benzene rings is 2. The average Bonchev–Trinajstić information content (AvgIpc) is 2.84. The second-order valence-electron chi connectivity index (χ2n) is 8.66. The van der Waals surface area contributed by atoms with Gasteiger partial charge in [-0.1, -0.05) is 78.3 Å². The third-order valence-electron chi connectivity index (χ3n) is 6.66. The average molecular weight is 498 g/mol. The van der Waals surface area contributed by atoms with Crippen molar-refractivity contribution >= 4 is 45.7 Å². The molecule has 0 aliphatic heterocycles. The molecule has 0 spiro atoms. The zero-order valence-corrected chi connectivity index (χ0v) is 20.2. The maximum absolute atomic E-state index is 12.2. The number of rotatable bonds is 4. The molecule has 1 N–H and O–H groups in total. The van der Waals surface area contributed by atoms with E-state index in [2.05, 4.69) is 9.97 Å². The van der Waals surface area contributed by atoms with Crippen molar-refractivity contribution in [1.29, 1.82) is 0 Å². The first-order valence-electron chi connectivity index (χ1n) is 11.2. The van der Waals surface area contributed by atoms with Gasteiger partial charge >= 0.3 is 0 Å². The summed E-state index contributed by atoms with van der Waals surface area (Å²) in [6.07, 6.45) is 9.06.